The Kier molecular flexibility index (Phi) is 7.05. The summed E-state index contributed by atoms with van der Waals surface area (Å²) in [5.74, 6) is 0. The van der Waals surface area contributed by atoms with Gasteiger partial charge in [-0.3, -0.25) is 0 Å². The van der Waals surface area contributed by atoms with Gasteiger partial charge in [0.15, 0.2) is 0 Å². The smallest absolute Gasteiger partial charge is 0.0949 e. The normalized spacial score (nSPS) is 16.6. The van der Waals surface area contributed by atoms with Crippen LogP contribution in [0.25, 0.3) is 0 Å². The molecule has 0 aromatic carbocycles. The van der Waals surface area contributed by atoms with E-state index in [-0.39, 0.29) is 0 Å². The van der Waals surface area contributed by atoms with E-state index < -0.39 is 0 Å². The van der Waals surface area contributed by atoms with Crippen molar-refractivity contribution in [1.82, 2.24) is 14.9 Å². The summed E-state index contributed by atoms with van der Waals surface area (Å²) in [6, 6.07) is 0. The van der Waals surface area contributed by atoms with E-state index in [1.54, 1.807) is 7.11 Å². The van der Waals surface area contributed by atoms with Crippen molar-refractivity contribution in [2.24, 2.45) is 0 Å². The van der Waals surface area contributed by atoms with Gasteiger partial charge in [0.05, 0.1) is 31.3 Å². The monoisotopic (exact) mass is 281 g/mol. The predicted molar refractivity (Wildman–Crippen MR) is 78.6 cm³/mol. The number of rotatable bonds is 9. The molecule has 114 valence electrons. The predicted octanol–water partition coefficient (Wildman–Crippen LogP) is 1.97. The maximum atomic E-state index is 5.97. The Hall–Kier alpha value is -0.910. The molecular formula is C15H27N3O2. The number of ether oxygens (including phenoxy) is 2. The third-order valence-corrected chi connectivity index (χ3v) is 3.83. The van der Waals surface area contributed by atoms with Crippen molar-refractivity contribution in [2.75, 3.05) is 26.9 Å². The molecule has 0 saturated heterocycles. The summed E-state index contributed by atoms with van der Waals surface area (Å²) in [7, 11) is 1.72. The molecule has 0 atom stereocenters. The van der Waals surface area contributed by atoms with E-state index in [2.05, 4.69) is 14.9 Å². The molecule has 0 radical (unpaired) electrons. The van der Waals surface area contributed by atoms with Gasteiger partial charge in [-0.25, -0.2) is 4.98 Å². The van der Waals surface area contributed by atoms with E-state index in [1.807, 2.05) is 12.5 Å². The highest BCUT2D eigenvalue weighted by atomic mass is 16.5. The SMILES string of the molecule is COCCNCc1cncn1CCOC1CCCCC1. The first-order valence-electron chi connectivity index (χ1n) is 7.70. The number of imidazole rings is 1. The second-order valence-corrected chi connectivity index (χ2v) is 5.38. The molecule has 5 heteroatoms. The molecule has 0 bridgehead atoms. The molecule has 1 heterocycles. The largest absolute Gasteiger partial charge is 0.383 e. The summed E-state index contributed by atoms with van der Waals surface area (Å²) in [6.45, 7) is 4.09. The molecule has 20 heavy (non-hydrogen) atoms. The summed E-state index contributed by atoms with van der Waals surface area (Å²) in [5.41, 5.74) is 1.20. The summed E-state index contributed by atoms with van der Waals surface area (Å²) >= 11 is 0. The lowest BCUT2D eigenvalue weighted by Gasteiger charge is -2.22. The van der Waals surface area contributed by atoms with Gasteiger partial charge in [-0.1, -0.05) is 19.3 Å². The van der Waals surface area contributed by atoms with E-state index in [0.29, 0.717) is 6.10 Å². The lowest BCUT2D eigenvalue weighted by molar-refractivity contribution is 0.0238. The van der Waals surface area contributed by atoms with E-state index in [0.717, 1.165) is 32.8 Å². The zero-order valence-corrected chi connectivity index (χ0v) is 12.5. The standard InChI is InChI=1S/C15H27N3O2/c1-19-9-7-16-11-14-12-17-13-18(14)8-10-20-15-5-3-2-4-6-15/h12-13,15-16H,2-11H2,1H3. The minimum absolute atomic E-state index is 0.482. The van der Waals surface area contributed by atoms with Crippen molar-refractivity contribution in [1.29, 1.82) is 0 Å². The molecule has 1 saturated carbocycles. The minimum Gasteiger partial charge on any atom is -0.383 e. The first kappa shape index (κ1) is 15.5. The van der Waals surface area contributed by atoms with Gasteiger partial charge in [-0.15, -0.1) is 0 Å². The number of hydrogen-bond donors (Lipinski definition) is 1. The quantitative estimate of drug-likeness (QED) is 0.703. The van der Waals surface area contributed by atoms with Crippen molar-refractivity contribution in [2.45, 2.75) is 51.3 Å². The molecule has 1 aromatic heterocycles. The fourth-order valence-corrected chi connectivity index (χ4v) is 2.64. The van der Waals surface area contributed by atoms with E-state index in [1.165, 1.54) is 37.8 Å². The van der Waals surface area contributed by atoms with E-state index in [9.17, 15) is 0 Å². The molecule has 1 aliphatic rings. The van der Waals surface area contributed by atoms with Gasteiger partial charge in [0.2, 0.25) is 0 Å². The van der Waals surface area contributed by atoms with Crippen LogP contribution in [0.4, 0.5) is 0 Å². The van der Waals surface area contributed by atoms with Crippen molar-refractivity contribution < 1.29 is 9.47 Å². The number of nitrogens with zero attached hydrogens (tertiary/aromatic N) is 2. The molecule has 2 rings (SSSR count). The zero-order valence-electron chi connectivity index (χ0n) is 12.5. The minimum atomic E-state index is 0.482. The molecule has 0 amide bonds. The number of hydrogen-bond acceptors (Lipinski definition) is 4. The van der Waals surface area contributed by atoms with Crippen LogP contribution >= 0.6 is 0 Å². The van der Waals surface area contributed by atoms with Crippen LogP contribution in [0.15, 0.2) is 12.5 Å². The number of aromatic nitrogens is 2. The summed E-state index contributed by atoms with van der Waals surface area (Å²) in [6.07, 6.45) is 10.8. The second kappa shape index (κ2) is 9.10. The van der Waals surface area contributed by atoms with Crippen molar-refractivity contribution >= 4 is 0 Å². The van der Waals surface area contributed by atoms with Crippen molar-refractivity contribution in [3.05, 3.63) is 18.2 Å². The van der Waals surface area contributed by atoms with Crippen LogP contribution in [0.2, 0.25) is 0 Å². The third kappa shape index (κ3) is 5.23. The van der Waals surface area contributed by atoms with Crippen molar-refractivity contribution in [3.8, 4) is 0 Å². The Morgan fingerprint density at radius 2 is 2.15 bits per heavy atom. The van der Waals surface area contributed by atoms with Crippen molar-refractivity contribution in [3.63, 3.8) is 0 Å². The van der Waals surface area contributed by atoms with Gasteiger partial charge in [0, 0.05) is 32.9 Å². The Labute approximate surface area is 121 Å². The molecular weight excluding hydrogens is 254 g/mol. The fourth-order valence-electron chi connectivity index (χ4n) is 2.64. The van der Waals surface area contributed by atoms with Gasteiger partial charge in [0.1, 0.15) is 0 Å². The van der Waals surface area contributed by atoms with Gasteiger partial charge >= 0.3 is 0 Å². The second-order valence-electron chi connectivity index (χ2n) is 5.38. The average molecular weight is 281 g/mol. The molecule has 1 N–H and O–H groups in total. The van der Waals surface area contributed by atoms with Crippen LogP contribution in [-0.4, -0.2) is 42.5 Å². The Morgan fingerprint density at radius 3 is 2.95 bits per heavy atom. The lowest BCUT2D eigenvalue weighted by atomic mass is 9.98. The molecule has 1 fully saturated rings. The molecule has 1 aromatic rings. The highest BCUT2D eigenvalue weighted by Crippen LogP contribution is 2.20. The van der Waals surface area contributed by atoms with Crippen LogP contribution in [0.3, 0.4) is 0 Å². The number of methoxy groups -OCH3 is 1. The molecule has 0 spiro atoms. The lowest BCUT2D eigenvalue weighted by Crippen LogP contribution is -2.22. The van der Waals surface area contributed by atoms with E-state index >= 15 is 0 Å². The summed E-state index contributed by atoms with van der Waals surface area (Å²) in [5, 5.41) is 3.34. The van der Waals surface area contributed by atoms with Crippen LogP contribution in [0, 0.1) is 0 Å². The highest BCUT2D eigenvalue weighted by molar-refractivity contribution is 4.97. The Balaban J connectivity index is 1.65. The fraction of sp³-hybridized carbons (Fsp3) is 0.800. The topological polar surface area (TPSA) is 48.3 Å². The molecule has 1 aliphatic carbocycles. The van der Waals surface area contributed by atoms with Crippen LogP contribution in [-0.2, 0) is 22.6 Å². The maximum Gasteiger partial charge on any atom is 0.0949 e. The first-order chi connectivity index (χ1) is 9.90. The van der Waals surface area contributed by atoms with Crippen LogP contribution in [0.1, 0.15) is 37.8 Å². The Bertz CT molecular complexity index is 362. The maximum absolute atomic E-state index is 5.97. The third-order valence-electron chi connectivity index (χ3n) is 3.83. The van der Waals surface area contributed by atoms with Gasteiger partial charge < -0.3 is 19.4 Å². The van der Waals surface area contributed by atoms with Gasteiger partial charge in [-0.2, -0.15) is 0 Å². The highest BCUT2D eigenvalue weighted by Gasteiger charge is 2.13. The van der Waals surface area contributed by atoms with Crippen LogP contribution < -0.4 is 5.32 Å². The summed E-state index contributed by atoms with van der Waals surface area (Å²) in [4.78, 5) is 4.22. The summed E-state index contributed by atoms with van der Waals surface area (Å²) < 4.78 is 13.2. The molecule has 0 aliphatic heterocycles. The molecule has 5 nitrogen and oxygen atoms in total. The number of nitrogens with one attached hydrogen (secondary N) is 1. The first-order valence-corrected chi connectivity index (χ1v) is 7.70. The van der Waals surface area contributed by atoms with E-state index in [4.69, 9.17) is 9.47 Å². The molecule has 0 unspecified atom stereocenters. The van der Waals surface area contributed by atoms with Gasteiger partial charge in [-0.05, 0) is 12.8 Å². The van der Waals surface area contributed by atoms with Crippen LogP contribution in [0.5, 0.6) is 0 Å². The average Bonchev–Trinajstić information content (AvgIpc) is 2.92. The van der Waals surface area contributed by atoms with Gasteiger partial charge in [0.25, 0.3) is 0 Å². The zero-order chi connectivity index (χ0) is 14.0. The Morgan fingerprint density at radius 1 is 1.30 bits per heavy atom.